The molecule has 0 aromatic heterocycles. The minimum absolute atomic E-state index is 0. The molecule has 23 heavy (non-hydrogen) atoms. The molecule has 1 unspecified atom stereocenters. The van der Waals surface area contributed by atoms with Crippen LogP contribution in [-0.4, -0.2) is 25.0 Å². The number of nitrogens with zero attached hydrogens (tertiary/aromatic N) is 1. The molecular formula is C20H28ClNO. The van der Waals surface area contributed by atoms with Gasteiger partial charge in [0.05, 0.1) is 0 Å². The van der Waals surface area contributed by atoms with Gasteiger partial charge in [-0.25, -0.2) is 0 Å². The molecule has 0 bridgehead atoms. The highest BCUT2D eigenvalue weighted by Gasteiger charge is 2.38. The molecule has 2 atom stereocenters. The molecule has 0 amide bonds. The quantitative estimate of drug-likeness (QED) is 0.691. The first kappa shape index (κ1) is 19.5. The van der Waals surface area contributed by atoms with Gasteiger partial charge >= 0.3 is 0 Å². The van der Waals surface area contributed by atoms with Gasteiger partial charge in [0, 0.05) is 35.5 Å². The first-order valence-electron chi connectivity index (χ1n) is 7.79. The second-order valence-corrected chi connectivity index (χ2v) is 5.88. The molecule has 126 valence electrons. The van der Waals surface area contributed by atoms with Crippen molar-refractivity contribution in [3.05, 3.63) is 65.4 Å². The molecule has 2 nitrogen and oxygen atoms in total. The summed E-state index contributed by atoms with van der Waals surface area (Å²) in [6.07, 6.45) is 3.68. The zero-order valence-corrected chi connectivity index (χ0v) is 14.4. The van der Waals surface area contributed by atoms with E-state index in [1.54, 1.807) is 6.08 Å². The fourth-order valence-electron chi connectivity index (χ4n) is 3.30. The number of allylic oxidation sites excluding steroid dienone is 2. The summed E-state index contributed by atoms with van der Waals surface area (Å²) < 4.78 is 6.05. The zero-order valence-electron chi connectivity index (χ0n) is 13.6. The number of halogens is 1. The van der Waals surface area contributed by atoms with Crippen LogP contribution in [0.15, 0.2) is 54.8 Å². The standard InChI is InChI=1S/C17H18ClNO.C2H6.CH4/c1-4-12-14-9-19(3)10-15(14)13-8-11(18)6-7-17(13)20-16(12)5-2;1-2;/h4-8,14-15H,1-2,9-10H2,3H3;1-2H3;1H4/t14-,15?;;/m0../s1. The van der Waals surface area contributed by atoms with Crippen molar-refractivity contribution in [2.45, 2.75) is 27.2 Å². The van der Waals surface area contributed by atoms with Crippen LogP contribution in [0.25, 0.3) is 0 Å². The number of hydrogen-bond donors (Lipinski definition) is 0. The molecule has 0 N–H and O–H groups in total. The van der Waals surface area contributed by atoms with Crippen molar-refractivity contribution in [3.8, 4) is 5.75 Å². The Morgan fingerprint density at radius 3 is 2.43 bits per heavy atom. The Hall–Kier alpha value is -1.51. The number of likely N-dealkylation sites (N-methyl/N-ethyl adjacent to an activating group) is 1. The van der Waals surface area contributed by atoms with E-state index in [0.29, 0.717) is 11.8 Å². The van der Waals surface area contributed by atoms with Crippen LogP contribution in [0, 0.1) is 5.92 Å². The lowest BCUT2D eigenvalue weighted by Crippen LogP contribution is -2.15. The molecule has 1 aromatic carbocycles. The third kappa shape index (κ3) is 3.70. The Morgan fingerprint density at radius 1 is 1.17 bits per heavy atom. The normalized spacial score (nSPS) is 22.4. The molecule has 0 spiro atoms. The van der Waals surface area contributed by atoms with E-state index in [2.05, 4.69) is 25.1 Å². The minimum Gasteiger partial charge on any atom is -0.457 e. The van der Waals surface area contributed by atoms with Crippen LogP contribution < -0.4 is 4.74 Å². The van der Waals surface area contributed by atoms with Crippen molar-refractivity contribution in [2.75, 3.05) is 20.1 Å². The average Bonchev–Trinajstić information content (AvgIpc) is 2.86. The topological polar surface area (TPSA) is 12.5 Å². The van der Waals surface area contributed by atoms with E-state index in [4.69, 9.17) is 16.3 Å². The predicted octanol–water partition coefficient (Wildman–Crippen LogP) is 5.67. The number of hydrogen-bond acceptors (Lipinski definition) is 2. The highest BCUT2D eigenvalue weighted by molar-refractivity contribution is 6.30. The Morgan fingerprint density at radius 2 is 1.83 bits per heavy atom. The van der Waals surface area contributed by atoms with Gasteiger partial charge in [-0.05, 0) is 36.9 Å². The van der Waals surface area contributed by atoms with E-state index in [9.17, 15) is 0 Å². The van der Waals surface area contributed by atoms with E-state index in [0.717, 1.165) is 35.2 Å². The molecule has 2 aliphatic rings. The summed E-state index contributed by atoms with van der Waals surface area (Å²) in [5.41, 5.74) is 2.32. The Kier molecular flexibility index (Phi) is 7.11. The largest absolute Gasteiger partial charge is 0.457 e. The van der Waals surface area contributed by atoms with Crippen LogP contribution in [0.5, 0.6) is 5.75 Å². The third-order valence-corrected chi connectivity index (χ3v) is 4.42. The molecule has 0 saturated carbocycles. The Balaban J connectivity index is 0.000000849. The number of ether oxygens (including phenoxy) is 1. The van der Waals surface area contributed by atoms with E-state index in [1.165, 1.54) is 5.56 Å². The van der Waals surface area contributed by atoms with Gasteiger partial charge in [0.15, 0.2) is 0 Å². The fourth-order valence-corrected chi connectivity index (χ4v) is 3.48. The van der Waals surface area contributed by atoms with Crippen molar-refractivity contribution in [2.24, 2.45) is 5.92 Å². The Labute approximate surface area is 146 Å². The number of likely N-dealkylation sites (tertiary alicyclic amines) is 1. The van der Waals surface area contributed by atoms with Crippen molar-refractivity contribution >= 4 is 11.6 Å². The van der Waals surface area contributed by atoms with E-state index in [-0.39, 0.29) is 7.43 Å². The van der Waals surface area contributed by atoms with Crippen molar-refractivity contribution in [1.82, 2.24) is 4.90 Å². The van der Waals surface area contributed by atoms with Gasteiger partial charge in [-0.3, -0.25) is 0 Å². The van der Waals surface area contributed by atoms with E-state index >= 15 is 0 Å². The Bertz CT molecular complexity index is 606. The van der Waals surface area contributed by atoms with Crippen LogP contribution in [0.1, 0.15) is 32.8 Å². The fraction of sp³-hybridized carbons (Fsp3) is 0.400. The zero-order chi connectivity index (χ0) is 16.3. The van der Waals surface area contributed by atoms with Crippen molar-refractivity contribution in [3.63, 3.8) is 0 Å². The van der Waals surface area contributed by atoms with Crippen LogP contribution >= 0.6 is 11.6 Å². The first-order chi connectivity index (χ1) is 10.6. The smallest absolute Gasteiger partial charge is 0.131 e. The molecule has 1 saturated heterocycles. The molecule has 0 radical (unpaired) electrons. The predicted molar refractivity (Wildman–Crippen MR) is 101 cm³/mol. The van der Waals surface area contributed by atoms with Gasteiger partial charge in [-0.15, -0.1) is 0 Å². The SMILES string of the molecule is C.C=CC1=C(C=C)[C@@H]2CN(C)CC2c2cc(Cl)ccc2O1.CC. The first-order valence-corrected chi connectivity index (χ1v) is 8.16. The average molecular weight is 334 g/mol. The summed E-state index contributed by atoms with van der Waals surface area (Å²) in [7, 11) is 2.15. The van der Waals surface area contributed by atoms with Gasteiger partial charge in [0.2, 0.25) is 0 Å². The maximum Gasteiger partial charge on any atom is 0.131 e. The third-order valence-electron chi connectivity index (χ3n) is 4.18. The van der Waals surface area contributed by atoms with Crippen LogP contribution in [0.3, 0.4) is 0 Å². The highest BCUT2D eigenvalue weighted by atomic mass is 35.5. The molecule has 1 fully saturated rings. The monoisotopic (exact) mass is 333 g/mol. The second kappa shape index (κ2) is 8.37. The van der Waals surface area contributed by atoms with Gasteiger partial charge in [0.1, 0.15) is 11.5 Å². The lowest BCUT2D eigenvalue weighted by Gasteiger charge is -2.18. The van der Waals surface area contributed by atoms with Gasteiger partial charge in [-0.2, -0.15) is 0 Å². The van der Waals surface area contributed by atoms with Crippen LogP contribution in [0.4, 0.5) is 0 Å². The van der Waals surface area contributed by atoms with Gasteiger partial charge in [0.25, 0.3) is 0 Å². The number of rotatable bonds is 2. The van der Waals surface area contributed by atoms with E-state index in [1.807, 2.05) is 38.1 Å². The molecule has 3 rings (SSSR count). The minimum atomic E-state index is 0. The maximum atomic E-state index is 6.17. The molecule has 2 heterocycles. The van der Waals surface area contributed by atoms with Crippen LogP contribution in [0.2, 0.25) is 5.02 Å². The van der Waals surface area contributed by atoms with E-state index < -0.39 is 0 Å². The summed E-state index contributed by atoms with van der Waals surface area (Å²) in [5, 5.41) is 0.753. The van der Waals surface area contributed by atoms with Crippen molar-refractivity contribution < 1.29 is 4.74 Å². The summed E-state index contributed by atoms with van der Waals surface area (Å²) in [4.78, 5) is 2.34. The summed E-state index contributed by atoms with van der Waals surface area (Å²) in [6, 6.07) is 5.84. The molecule has 2 aliphatic heterocycles. The maximum absolute atomic E-state index is 6.17. The molecule has 0 aliphatic carbocycles. The van der Waals surface area contributed by atoms with Crippen LogP contribution in [-0.2, 0) is 0 Å². The molecular weight excluding hydrogens is 306 g/mol. The van der Waals surface area contributed by atoms with Crippen molar-refractivity contribution in [1.29, 1.82) is 0 Å². The van der Waals surface area contributed by atoms with Gasteiger partial charge in [-0.1, -0.05) is 52.1 Å². The summed E-state index contributed by atoms with van der Waals surface area (Å²) in [6.45, 7) is 13.8. The molecule has 1 aromatic rings. The number of benzene rings is 1. The second-order valence-electron chi connectivity index (χ2n) is 5.45. The van der Waals surface area contributed by atoms with Gasteiger partial charge < -0.3 is 9.64 Å². The highest BCUT2D eigenvalue weighted by Crippen LogP contribution is 2.45. The molecule has 3 heteroatoms. The lowest BCUT2D eigenvalue weighted by molar-refractivity contribution is 0.393. The summed E-state index contributed by atoms with van der Waals surface area (Å²) in [5.74, 6) is 2.46. The lowest BCUT2D eigenvalue weighted by atomic mass is 9.83. The number of fused-ring (bicyclic) bond motifs is 3. The summed E-state index contributed by atoms with van der Waals surface area (Å²) >= 11 is 6.17.